The van der Waals surface area contributed by atoms with Crippen molar-refractivity contribution in [3.05, 3.63) is 70.3 Å². The molecule has 5 aliphatic heterocycles. The highest BCUT2D eigenvalue weighted by Gasteiger charge is 2.35. The first-order chi connectivity index (χ1) is 32.8. The van der Waals surface area contributed by atoms with Gasteiger partial charge in [0.25, 0.3) is 5.91 Å². The summed E-state index contributed by atoms with van der Waals surface area (Å²) in [5.41, 5.74) is 1.58. The largest absolute Gasteiger partial charge is 0.456 e. The summed E-state index contributed by atoms with van der Waals surface area (Å²) in [6, 6.07) is 12.0. The van der Waals surface area contributed by atoms with E-state index in [1.807, 2.05) is 41.3 Å². The number of morpholine rings is 2. The maximum atomic E-state index is 16.9. The normalized spacial score (nSPS) is 20.1. The number of para-hydroxylation sites is 1. The summed E-state index contributed by atoms with van der Waals surface area (Å²) in [5.74, 6) is -0.876. The first kappa shape index (κ1) is 45.2. The highest BCUT2D eigenvalue weighted by atomic mass is 19.1. The van der Waals surface area contributed by atoms with Crippen molar-refractivity contribution >= 4 is 56.3 Å². The molecule has 5 aromatic rings. The minimum Gasteiger partial charge on any atom is -0.456 e. The summed E-state index contributed by atoms with van der Waals surface area (Å²) in [5, 5.41) is 14.4. The van der Waals surface area contributed by atoms with Crippen molar-refractivity contribution in [1.82, 2.24) is 40.5 Å². The fourth-order valence-corrected chi connectivity index (χ4v) is 10.3. The van der Waals surface area contributed by atoms with E-state index in [9.17, 15) is 19.2 Å². The summed E-state index contributed by atoms with van der Waals surface area (Å²) in [6.45, 7) is 11.8. The Kier molecular flexibility index (Phi) is 13.7. The number of likely N-dealkylation sites (tertiary alicyclic amines) is 1. The number of pyridine rings is 1. The molecule has 0 bridgehead atoms. The Bertz CT molecular complexity index is 2700. The second kappa shape index (κ2) is 20.3. The van der Waals surface area contributed by atoms with Gasteiger partial charge in [-0.1, -0.05) is 18.2 Å². The van der Waals surface area contributed by atoms with Crippen LogP contribution in [0.25, 0.3) is 38.5 Å². The van der Waals surface area contributed by atoms with E-state index in [1.54, 1.807) is 9.47 Å². The number of amides is 3. The molecular weight excluding hydrogens is 862 g/mol. The summed E-state index contributed by atoms with van der Waals surface area (Å²) in [4.78, 5) is 63.1. The third-order valence-corrected chi connectivity index (χ3v) is 13.7. The van der Waals surface area contributed by atoms with E-state index in [0.29, 0.717) is 73.7 Å². The molecule has 3 amide bonds. The zero-order valence-corrected chi connectivity index (χ0v) is 37.9. The number of furan rings is 1. The zero-order chi connectivity index (χ0) is 45.9. The van der Waals surface area contributed by atoms with Gasteiger partial charge in [0.2, 0.25) is 17.2 Å². The van der Waals surface area contributed by atoms with Crippen LogP contribution in [0.2, 0.25) is 0 Å². The van der Waals surface area contributed by atoms with E-state index < -0.39 is 17.2 Å². The first-order valence-electron chi connectivity index (χ1n) is 24.0. The third-order valence-electron chi connectivity index (χ3n) is 13.7. The van der Waals surface area contributed by atoms with Gasteiger partial charge in [0.1, 0.15) is 27.9 Å². The molecule has 5 aliphatic rings. The van der Waals surface area contributed by atoms with Crippen molar-refractivity contribution in [1.29, 1.82) is 0 Å². The van der Waals surface area contributed by atoms with Crippen LogP contribution in [0.5, 0.6) is 11.5 Å². The van der Waals surface area contributed by atoms with E-state index in [4.69, 9.17) is 18.6 Å². The number of carbonyl (C=O) groups excluding carboxylic acids is 3. The van der Waals surface area contributed by atoms with Gasteiger partial charge >= 0.3 is 0 Å². The Morgan fingerprint density at radius 1 is 0.731 bits per heavy atom. The number of rotatable bonds is 16. The molecule has 0 spiro atoms. The Labute approximate surface area is 387 Å². The number of piperidine rings is 1. The van der Waals surface area contributed by atoms with Crippen LogP contribution < -0.4 is 36.3 Å². The fraction of sp³-hybridized carbons (Fsp3) is 0.510. The molecule has 0 saturated carbocycles. The van der Waals surface area contributed by atoms with Gasteiger partial charge < -0.3 is 54.3 Å². The lowest BCUT2D eigenvalue weighted by Gasteiger charge is -2.37. The topological polar surface area (TPSA) is 175 Å². The summed E-state index contributed by atoms with van der Waals surface area (Å²) >= 11 is 0. The van der Waals surface area contributed by atoms with E-state index in [0.717, 1.165) is 95.7 Å². The Balaban J connectivity index is 0.871. The highest BCUT2D eigenvalue weighted by Crippen LogP contribution is 2.49. The summed E-state index contributed by atoms with van der Waals surface area (Å²) in [6.07, 6.45) is 5.33. The molecule has 4 saturated heterocycles. The molecular formula is C49H60FN9O8. The molecule has 2 atom stereocenters. The Hall–Kier alpha value is -5.63. The number of hydrogen-bond acceptors (Lipinski definition) is 13. The monoisotopic (exact) mass is 921 g/mol. The first-order valence-corrected chi connectivity index (χ1v) is 24.0. The predicted molar refractivity (Wildman–Crippen MR) is 252 cm³/mol. The Morgan fingerprint density at radius 3 is 2.10 bits per heavy atom. The van der Waals surface area contributed by atoms with Crippen molar-refractivity contribution in [2.24, 2.45) is 0 Å². The number of ether oxygens (including phenoxy) is 3. The quantitative estimate of drug-likeness (QED) is 0.104. The maximum absolute atomic E-state index is 16.9. The van der Waals surface area contributed by atoms with Crippen molar-refractivity contribution in [3.63, 3.8) is 0 Å². The standard InChI is InChI=1S/C49H60FN9O8/c50-38-24-36-45-48(46(38)57-14-3-6-32(29-57)53-43(60)27-51-10-4-12-55-16-20-64-21-17-55)67-42-25-35-34-7-1-2-8-40(34)66-41(35)26-39(42)59(45)31-37(47(36)62)49(63)58-15-9-33(30-58)54-44(61)28-52-11-5-13-56-18-22-65-23-19-56/h1-2,7-8,24-26,31-33,51-52H,3-6,9-23,27-30H2,(H,53,60)(H,54,61). The van der Waals surface area contributed by atoms with Crippen LogP contribution in [0.15, 0.2) is 57.9 Å². The number of halogens is 1. The molecule has 0 aliphatic carbocycles. The second-order valence-corrected chi connectivity index (χ2v) is 18.3. The number of nitrogens with one attached hydrogen (secondary N) is 4. The number of carbonyl (C=O) groups is 3. The van der Waals surface area contributed by atoms with Gasteiger partial charge in [0.15, 0.2) is 17.3 Å². The van der Waals surface area contributed by atoms with Crippen molar-refractivity contribution in [2.45, 2.75) is 44.2 Å². The number of aromatic nitrogens is 1. The average Bonchev–Trinajstić information content (AvgIpc) is 3.96. The SMILES string of the molecule is O=C(CNCCCN1CCOCC1)NC1CCN(C(=O)c2cn3c4c(c(N5CCCC(NC(=O)CNCCCN6CCOCC6)C5)c(F)cc4c2=O)Oc2cc4c(cc2-3)oc2ccccc24)C1. The number of nitrogens with zero attached hydrogens (tertiary/aromatic N) is 5. The van der Waals surface area contributed by atoms with Crippen LogP contribution in [0.4, 0.5) is 10.1 Å². The lowest BCUT2D eigenvalue weighted by molar-refractivity contribution is -0.121. The summed E-state index contributed by atoms with van der Waals surface area (Å²) < 4.78 is 42.5. The molecule has 3 aromatic carbocycles. The van der Waals surface area contributed by atoms with Crippen LogP contribution >= 0.6 is 0 Å². The van der Waals surface area contributed by atoms with Crippen LogP contribution in [0.1, 0.15) is 42.5 Å². The molecule has 67 heavy (non-hydrogen) atoms. The number of hydrogen-bond donors (Lipinski definition) is 4. The number of benzene rings is 3. The molecule has 7 heterocycles. The fourth-order valence-electron chi connectivity index (χ4n) is 10.3. The lowest BCUT2D eigenvalue weighted by atomic mass is 10.0. The van der Waals surface area contributed by atoms with E-state index in [2.05, 4.69) is 31.1 Å². The van der Waals surface area contributed by atoms with Gasteiger partial charge in [0, 0.05) is 87.5 Å². The molecule has 2 unspecified atom stereocenters. The van der Waals surface area contributed by atoms with Gasteiger partial charge in [-0.2, -0.15) is 0 Å². The molecule has 4 N–H and O–H groups in total. The van der Waals surface area contributed by atoms with Crippen LogP contribution in [0.3, 0.4) is 0 Å². The predicted octanol–water partition coefficient (Wildman–Crippen LogP) is 3.17. The van der Waals surface area contributed by atoms with Gasteiger partial charge in [-0.25, -0.2) is 4.39 Å². The molecule has 10 rings (SSSR count). The van der Waals surface area contributed by atoms with Crippen molar-refractivity contribution < 1.29 is 37.4 Å². The molecule has 17 nitrogen and oxygen atoms in total. The van der Waals surface area contributed by atoms with Crippen molar-refractivity contribution in [2.75, 3.05) is 123 Å². The van der Waals surface area contributed by atoms with Crippen LogP contribution in [-0.2, 0) is 19.1 Å². The highest BCUT2D eigenvalue weighted by molar-refractivity contribution is 6.07. The van der Waals surface area contributed by atoms with Gasteiger partial charge in [-0.3, -0.25) is 29.0 Å². The minimum atomic E-state index is -0.665. The smallest absolute Gasteiger partial charge is 0.259 e. The van der Waals surface area contributed by atoms with Crippen LogP contribution in [0, 0.1) is 5.82 Å². The molecule has 2 aromatic heterocycles. The molecule has 0 radical (unpaired) electrons. The maximum Gasteiger partial charge on any atom is 0.259 e. The van der Waals surface area contributed by atoms with E-state index in [-0.39, 0.29) is 65.9 Å². The second-order valence-electron chi connectivity index (χ2n) is 18.3. The number of anilines is 1. The lowest BCUT2D eigenvalue weighted by Crippen LogP contribution is -2.50. The zero-order valence-electron chi connectivity index (χ0n) is 37.9. The molecule has 356 valence electrons. The van der Waals surface area contributed by atoms with Gasteiger partial charge in [-0.15, -0.1) is 0 Å². The average molecular weight is 922 g/mol. The third kappa shape index (κ3) is 9.87. The Morgan fingerprint density at radius 2 is 1.40 bits per heavy atom. The van der Waals surface area contributed by atoms with Crippen LogP contribution in [-0.4, -0.2) is 167 Å². The van der Waals surface area contributed by atoms with E-state index in [1.165, 1.54) is 12.3 Å². The van der Waals surface area contributed by atoms with E-state index >= 15 is 4.39 Å². The van der Waals surface area contributed by atoms with Crippen molar-refractivity contribution in [3.8, 4) is 17.2 Å². The van der Waals surface area contributed by atoms with Gasteiger partial charge in [-0.05, 0) is 76.5 Å². The number of fused-ring (bicyclic) bond motifs is 5. The molecule has 4 fully saturated rings. The summed E-state index contributed by atoms with van der Waals surface area (Å²) in [7, 11) is 0. The van der Waals surface area contributed by atoms with Gasteiger partial charge in [0.05, 0.1) is 50.6 Å². The minimum absolute atomic E-state index is 0.00255. The molecule has 18 heteroatoms.